The Hall–Kier alpha value is -3.10. The summed E-state index contributed by atoms with van der Waals surface area (Å²) < 4.78 is 5.28. The van der Waals surface area contributed by atoms with Gasteiger partial charge in [0.25, 0.3) is 17.7 Å². The molecule has 1 aromatic carbocycles. The van der Waals surface area contributed by atoms with E-state index < -0.39 is 29.3 Å². The lowest BCUT2D eigenvalue weighted by molar-refractivity contribution is -0.140. The molecule has 1 aliphatic heterocycles. The van der Waals surface area contributed by atoms with Gasteiger partial charge in [-0.3, -0.25) is 19.8 Å². The van der Waals surface area contributed by atoms with Gasteiger partial charge in [-0.1, -0.05) is 25.1 Å². The van der Waals surface area contributed by atoms with Gasteiger partial charge in [0.1, 0.15) is 11.3 Å². The van der Waals surface area contributed by atoms with E-state index in [9.17, 15) is 19.2 Å². The number of benzene rings is 1. The van der Waals surface area contributed by atoms with Crippen molar-refractivity contribution >= 4 is 23.8 Å². The molecule has 1 spiro atoms. The fraction of sp³-hybridized carbons (Fsp3) is 0.474. The number of hydrogen-bond donors (Lipinski definition) is 3. The first-order chi connectivity index (χ1) is 13.4. The molecule has 9 nitrogen and oxygen atoms in total. The molecule has 0 bridgehead atoms. The molecule has 2 fully saturated rings. The molecule has 28 heavy (non-hydrogen) atoms. The van der Waals surface area contributed by atoms with E-state index in [-0.39, 0.29) is 13.2 Å². The summed E-state index contributed by atoms with van der Waals surface area (Å²) in [5.41, 5.74) is 1.34. The topological polar surface area (TPSA) is 117 Å². The first-order valence-corrected chi connectivity index (χ1v) is 9.30. The van der Waals surface area contributed by atoms with E-state index in [2.05, 4.69) is 23.0 Å². The summed E-state index contributed by atoms with van der Waals surface area (Å²) in [6.45, 7) is 1.48. The Labute approximate surface area is 162 Å². The number of amides is 5. The van der Waals surface area contributed by atoms with E-state index in [1.807, 2.05) is 6.07 Å². The molecule has 1 heterocycles. The lowest BCUT2D eigenvalue weighted by Gasteiger charge is -2.33. The molecule has 3 N–H and O–H groups in total. The number of carbonyl (C=O) groups is 4. The monoisotopic (exact) mass is 388 g/mol. The minimum atomic E-state index is -0.927. The van der Waals surface area contributed by atoms with Crippen molar-refractivity contribution in [2.24, 2.45) is 5.92 Å². The average molecular weight is 388 g/mol. The van der Waals surface area contributed by atoms with Gasteiger partial charge < -0.3 is 15.4 Å². The van der Waals surface area contributed by atoms with Gasteiger partial charge in [-0.25, -0.2) is 4.79 Å². The highest BCUT2D eigenvalue weighted by molar-refractivity contribution is 6.08. The molecule has 3 rings (SSSR count). The minimum Gasteiger partial charge on any atom is -0.484 e. The van der Waals surface area contributed by atoms with Crippen molar-refractivity contribution in [1.29, 1.82) is 0 Å². The standard InChI is InChI=1S/C19H24N4O5/c1-13-7-9-19(10-8-13)17(26)23(18(27)21-19)22-15(24)11-20-16(25)12-28-14-5-3-2-4-6-14/h2-6,13H,7-12H2,1H3,(H,20,25)(H,21,27)(H,22,24). The maximum atomic E-state index is 12.7. The van der Waals surface area contributed by atoms with Gasteiger partial charge in [-0.2, -0.15) is 5.01 Å². The van der Waals surface area contributed by atoms with Crippen LogP contribution in [0.2, 0.25) is 0 Å². The van der Waals surface area contributed by atoms with Gasteiger partial charge in [-0.15, -0.1) is 0 Å². The van der Waals surface area contributed by atoms with Gasteiger partial charge in [0.15, 0.2) is 6.61 Å². The summed E-state index contributed by atoms with van der Waals surface area (Å²) in [6.07, 6.45) is 2.79. The fourth-order valence-electron chi connectivity index (χ4n) is 3.38. The zero-order valence-electron chi connectivity index (χ0n) is 15.7. The molecule has 1 aromatic rings. The molecular formula is C19H24N4O5. The first kappa shape index (κ1) is 19.7. The number of urea groups is 1. The lowest BCUT2D eigenvalue weighted by atomic mass is 9.77. The molecule has 5 amide bonds. The van der Waals surface area contributed by atoms with Crippen LogP contribution in [0, 0.1) is 5.92 Å². The van der Waals surface area contributed by atoms with Crippen molar-refractivity contribution in [3.05, 3.63) is 30.3 Å². The molecule has 0 aromatic heterocycles. The van der Waals surface area contributed by atoms with E-state index in [1.165, 1.54) is 0 Å². The normalized spacial score (nSPS) is 24.0. The second-order valence-electron chi connectivity index (χ2n) is 7.25. The highest BCUT2D eigenvalue weighted by Gasteiger charge is 2.52. The Kier molecular flexibility index (Phi) is 5.81. The molecule has 1 saturated carbocycles. The summed E-state index contributed by atoms with van der Waals surface area (Å²) >= 11 is 0. The molecule has 1 saturated heterocycles. The second kappa shape index (κ2) is 8.28. The average Bonchev–Trinajstić information content (AvgIpc) is 2.92. The first-order valence-electron chi connectivity index (χ1n) is 9.30. The van der Waals surface area contributed by atoms with Gasteiger partial charge in [0.05, 0.1) is 6.54 Å². The van der Waals surface area contributed by atoms with Crippen molar-refractivity contribution < 1.29 is 23.9 Å². The van der Waals surface area contributed by atoms with Crippen LogP contribution in [0.25, 0.3) is 0 Å². The summed E-state index contributed by atoms with van der Waals surface area (Å²) in [4.78, 5) is 48.6. The largest absolute Gasteiger partial charge is 0.484 e. The minimum absolute atomic E-state index is 0.248. The number of rotatable bonds is 6. The Bertz CT molecular complexity index is 759. The second-order valence-corrected chi connectivity index (χ2v) is 7.25. The van der Waals surface area contributed by atoms with Crippen LogP contribution in [-0.4, -0.2) is 47.5 Å². The predicted molar refractivity (Wildman–Crippen MR) is 98.8 cm³/mol. The molecule has 0 atom stereocenters. The fourth-order valence-corrected chi connectivity index (χ4v) is 3.38. The van der Waals surface area contributed by atoms with Crippen LogP contribution in [0.5, 0.6) is 5.75 Å². The van der Waals surface area contributed by atoms with Gasteiger partial charge in [0.2, 0.25) is 0 Å². The van der Waals surface area contributed by atoms with Crippen LogP contribution in [0.4, 0.5) is 4.79 Å². The number of nitrogens with zero attached hydrogens (tertiary/aromatic N) is 1. The third-order valence-corrected chi connectivity index (χ3v) is 5.09. The lowest BCUT2D eigenvalue weighted by Crippen LogP contribution is -2.53. The molecule has 1 aliphatic carbocycles. The van der Waals surface area contributed by atoms with Crippen LogP contribution < -0.4 is 20.8 Å². The summed E-state index contributed by atoms with van der Waals surface area (Å²) in [6, 6.07) is 8.15. The van der Waals surface area contributed by atoms with Crippen molar-refractivity contribution in [3.63, 3.8) is 0 Å². The highest BCUT2D eigenvalue weighted by Crippen LogP contribution is 2.35. The van der Waals surface area contributed by atoms with E-state index in [1.54, 1.807) is 24.3 Å². The molecule has 150 valence electrons. The van der Waals surface area contributed by atoms with Crippen molar-refractivity contribution in [2.45, 2.75) is 38.1 Å². The highest BCUT2D eigenvalue weighted by atomic mass is 16.5. The number of hydrazine groups is 1. The zero-order chi connectivity index (χ0) is 20.1. The molecule has 2 aliphatic rings. The van der Waals surface area contributed by atoms with Crippen molar-refractivity contribution in [3.8, 4) is 5.75 Å². The Morgan fingerprint density at radius 2 is 1.86 bits per heavy atom. The van der Waals surface area contributed by atoms with E-state index >= 15 is 0 Å². The zero-order valence-corrected chi connectivity index (χ0v) is 15.7. The SMILES string of the molecule is CC1CCC2(CC1)NC(=O)N(NC(=O)CNC(=O)COc1ccccc1)C2=O. The number of nitrogens with one attached hydrogen (secondary N) is 3. The third kappa shape index (κ3) is 4.41. The Balaban J connectivity index is 1.45. The van der Waals surface area contributed by atoms with E-state index in [4.69, 9.17) is 4.74 Å². The molecule has 9 heteroatoms. The number of hydrogen-bond acceptors (Lipinski definition) is 5. The number of carbonyl (C=O) groups excluding carboxylic acids is 4. The smallest absolute Gasteiger partial charge is 0.344 e. The number of ether oxygens (including phenoxy) is 1. The van der Waals surface area contributed by atoms with E-state index in [0.717, 1.165) is 12.8 Å². The number of imide groups is 1. The maximum absolute atomic E-state index is 12.7. The summed E-state index contributed by atoms with van der Waals surface area (Å²) in [5, 5.41) is 5.81. The van der Waals surface area contributed by atoms with Crippen LogP contribution >= 0.6 is 0 Å². The van der Waals surface area contributed by atoms with E-state index in [0.29, 0.717) is 29.5 Å². The van der Waals surface area contributed by atoms with Crippen LogP contribution in [-0.2, 0) is 14.4 Å². The molecule has 0 unspecified atom stereocenters. The predicted octanol–water partition coefficient (Wildman–Crippen LogP) is 0.714. The Morgan fingerprint density at radius 1 is 1.18 bits per heavy atom. The quantitative estimate of drug-likeness (QED) is 0.621. The van der Waals surface area contributed by atoms with Gasteiger partial charge in [-0.05, 0) is 43.7 Å². The number of para-hydroxylation sites is 1. The van der Waals surface area contributed by atoms with Gasteiger partial charge >= 0.3 is 6.03 Å². The van der Waals surface area contributed by atoms with Crippen molar-refractivity contribution in [1.82, 2.24) is 21.1 Å². The third-order valence-electron chi connectivity index (χ3n) is 5.09. The van der Waals surface area contributed by atoms with Gasteiger partial charge in [0, 0.05) is 0 Å². The summed E-state index contributed by atoms with van der Waals surface area (Å²) in [5.74, 6) is -0.566. The molecular weight excluding hydrogens is 364 g/mol. The molecule has 0 radical (unpaired) electrons. The maximum Gasteiger partial charge on any atom is 0.344 e. The van der Waals surface area contributed by atoms with Crippen LogP contribution in [0.3, 0.4) is 0 Å². The Morgan fingerprint density at radius 3 is 2.54 bits per heavy atom. The van der Waals surface area contributed by atoms with Crippen LogP contribution in [0.15, 0.2) is 30.3 Å². The van der Waals surface area contributed by atoms with Crippen molar-refractivity contribution in [2.75, 3.05) is 13.2 Å². The summed E-state index contributed by atoms with van der Waals surface area (Å²) in [7, 11) is 0. The van der Waals surface area contributed by atoms with Crippen LogP contribution in [0.1, 0.15) is 32.6 Å².